The molecule has 1 unspecified atom stereocenters. The molecule has 0 spiro atoms. The quantitative estimate of drug-likeness (QED) is 0.916. The molecule has 2 aromatic rings. The van der Waals surface area contributed by atoms with Crippen molar-refractivity contribution in [2.24, 2.45) is 0 Å². The van der Waals surface area contributed by atoms with Crippen molar-refractivity contribution in [3.63, 3.8) is 0 Å². The van der Waals surface area contributed by atoms with Gasteiger partial charge in [0.15, 0.2) is 0 Å². The number of imidazole rings is 1. The number of nitrogens with one attached hydrogen (secondary N) is 1. The molecule has 108 valence electrons. The second kappa shape index (κ2) is 6.71. The largest absolute Gasteiger partial charge is 0.324 e. The standard InChI is InChI=1S/C16H18N4O/c1-3-5-15-18-8-9-20(15)12(2)16(21)19-14-7-4-6-13(10-14)11-17/h4,6-10,12H,3,5H2,1-2H3,(H,19,21). The van der Waals surface area contributed by atoms with Gasteiger partial charge in [-0.25, -0.2) is 4.98 Å². The van der Waals surface area contributed by atoms with E-state index in [9.17, 15) is 4.79 Å². The van der Waals surface area contributed by atoms with Crippen molar-refractivity contribution in [1.29, 1.82) is 5.26 Å². The van der Waals surface area contributed by atoms with Gasteiger partial charge in [-0.1, -0.05) is 13.0 Å². The minimum Gasteiger partial charge on any atom is -0.324 e. The zero-order valence-electron chi connectivity index (χ0n) is 12.2. The molecule has 1 N–H and O–H groups in total. The number of aromatic nitrogens is 2. The summed E-state index contributed by atoms with van der Waals surface area (Å²) in [6.07, 6.45) is 5.36. The van der Waals surface area contributed by atoms with Gasteiger partial charge in [-0.05, 0) is 31.5 Å². The van der Waals surface area contributed by atoms with Gasteiger partial charge in [0, 0.05) is 24.5 Å². The predicted octanol–water partition coefficient (Wildman–Crippen LogP) is 2.91. The minimum absolute atomic E-state index is 0.125. The Balaban J connectivity index is 2.12. The molecule has 0 saturated heterocycles. The number of amides is 1. The zero-order chi connectivity index (χ0) is 15.2. The molecule has 0 fully saturated rings. The Morgan fingerprint density at radius 2 is 2.33 bits per heavy atom. The monoisotopic (exact) mass is 282 g/mol. The molecule has 0 saturated carbocycles. The average Bonchev–Trinajstić information content (AvgIpc) is 2.95. The number of anilines is 1. The number of carbonyl (C=O) groups is 1. The molecule has 1 amide bonds. The SMILES string of the molecule is CCCc1nccn1C(C)C(=O)Nc1cccc(C#N)c1. The predicted molar refractivity (Wildman–Crippen MR) is 80.7 cm³/mol. The molecular formula is C16H18N4O. The van der Waals surface area contributed by atoms with E-state index < -0.39 is 0 Å². The van der Waals surface area contributed by atoms with Gasteiger partial charge >= 0.3 is 0 Å². The molecule has 1 aromatic carbocycles. The fourth-order valence-corrected chi connectivity index (χ4v) is 2.15. The van der Waals surface area contributed by atoms with E-state index >= 15 is 0 Å². The van der Waals surface area contributed by atoms with Crippen LogP contribution in [0.1, 0.15) is 37.7 Å². The maximum atomic E-state index is 12.3. The van der Waals surface area contributed by atoms with Crippen molar-refractivity contribution in [3.8, 4) is 6.07 Å². The first kappa shape index (κ1) is 14.8. The molecule has 1 aromatic heterocycles. The van der Waals surface area contributed by atoms with Gasteiger partial charge in [-0.3, -0.25) is 4.79 Å². The Labute approximate surface area is 124 Å². The minimum atomic E-state index is -0.347. The van der Waals surface area contributed by atoms with E-state index in [-0.39, 0.29) is 11.9 Å². The molecule has 1 heterocycles. The third-order valence-corrected chi connectivity index (χ3v) is 3.28. The summed E-state index contributed by atoms with van der Waals surface area (Å²) in [5.74, 6) is 0.784. The van der Waals surface area contributed by atoms with E-state index in [0.29, 0.717) is 11.3 Å². The van der Waals surface area contributed by atoms with Crippen molar-refractivity contribution in [1.82, 2.24) is 9.55 Å². The van der Waals surface area contributed by atoms with Gasteiger partial charge in [0.25, 0.3) is 0 Å². The number of benzene rings is 1. The Morgan fingerprint density at radius 1 is 1.52 bits per heavy atom. The van der Waals surface area contributed by atoms with Crippen LogP contribution >= 0.6 is 0 Å². The first-order valence-electron chi connectivity index (χ1n) is 6.98. The highest BCUT2D eigenvalue weighted by Crippen LogP contribution is 2.15. The first-order valence-corrected chi connectivity index (χ1v) is 6.98. The number of nitriles is 1. The van der Waals surface area contributed by atoms with Gasteiger partial charge < -0.3 is 9.88 Å². The van der Waals surface area contributed by atoms with Crippen molar-refractivity contribution >= 4 is 11.6 Å². The smallest absolute Gasteiger partial charge is 0.247 e. The maximum absolute atomic E-state index is 12.3. The lowest BCUT2D eigenvalue weighted by Crippen LogP contribution is -2.24. The molecule has 0 aliphatic rings. The summed E-state index contributed by atoms with van der Waals surface area (Å²) in [6.45, 7) is 3.92. The third-order valence-electron chi connectivity index (χ3n) is 3.28. The van der Waals surface area contributed by atoms with Gasteiger partial charge in [0.2, 0.25) is 5.91 Å². The molecule has 2 rings (SSSR count). The molecule has 21 heavy (non-hydrogen) atoms. The van der Waals surface area contributed by atoms with E-state index in [1.807, 2.05) is 17.7 Å². The van der Waals surface area contributed by atoms with Crippen LogP contribution in [0.3, 0.4) is 0 Å². The van der Waals surface area contributed by atoms with Crippen LogP contribution in [0.15, 0.2) is 36.7 Å². The van der Waals surface area contributed by atoms with E-state index in [1.165, 1.54) is 0 Å². The third kappa shape index (κ3) is 3.48. The van der Waals surface area contributed by atoms with Crippen molar-refractivity contribution < 1.29 is 4.79 Å². The summed E-state index contributed by atoms with van der Waals surface area (Å²) < 4.78 is 1.88. The van der Waals surface area contributed by atoms with Crippen LogP contribution in [0, 0.1) is 11.3 Å². The Hall–Kier alpha value is -2.61. The van der Waals surface area contributed by atoms with Crippen molar-refractivity contribution in [2.75, 3.05) is 5.32 Å². The lowest BCUT2D eigenvalue weighted by atomic mass is 10.2. The van der Waals surface area contributed by atoms with E-state index in [4.69, 9.17) is 5.26 Å². The van der Waals surface area contributed by atoms with Crippen LogP contribution in [-0.4, -0.2) is 15.5 Å². The summed E-state index contributed by atoms with van der Waals surface area (Å²) in [7, 11) is 0. The average molecular weight is 282 g/mol. The first-order chi connectivity index (χ1) is 10.2. The summed E-state index contributed by atoms with van der Waals surface area (Å²) in [6, 6.07) is 8.59. The second-order valence-electron chi connectivity index (χ2n) is 4.86. The Bertz CT molecular complexity index is 669. The molecule has 0 radical (unpaired) electrons. The van der Waals surface area contributed by atoms with E-state index in [2.05, 4.69) is 23.3 Å². The fourth-order valence-electron chi connectivity index (χ4n) is 2.15. The molecule has 0 aliphatic carbocycles. The summed E-state index contributed by atoms with van der Waals surface area (Å²) in [4.78, 5) is 16.6. The highest BCUT2D eigenvalue weighted by atomic mass is 16.2. The summed E-state index contributed by atoms with van der Waals surface area (Å²) >= 11 is 0. The number of hydrogen-bond acceptors (Lipinski definition) is 3. The van der Waals surface area contributed by atoms with Gasteiger partial charge in [0.1, 0.15) is 11.9 Å². The van der Waals surface area contributed by atoms with E-state index in [0.717, 1.165) is 18.7 Å². The highest BCUT2D eigenvalue weighted by Gasteiger charge is 2.17. The number of hydrogen-bond donors (Lipinski definition) is 1. The van der Waals surface area contributed by atoms with Crippen LogP contribution in [0.25, 0.3) is 0 Å². The van der Waals surface area contributed by atoms with Gasteiger partial charge in [0.05, 0.1) is 11.6 Å². The summed E-state index contributed by atoms with van der Waals surface area (Å²) in [5, 5.41) is 11.7. The molecule has 5 heteroatoms. The number of aryl methyl sites for hydroxylation is 1. The Kier molecular flexibility index (Phi) is 4.72. The lowest BCUT2D eigenvalue weighted by molar-refractivity contribution is -0.118. The highest BCUT2D eigenvalue weighted by molar-refractivity contribution is 5.93. The molecule has 0 aliphatic heterocycles. The van der Waals surface area contributed by atoms with Crippen molar-refractivity contribution in [2.45, 2.75) is 32.7 Å². The number of nitrogens with zero attached hydrogens (tertiary/aromatic N) is 3. The lowest BCUT2D eigenvalue weighted by Gasteiger charge is -2.16. The molecule has 0 bridgehead atoms. The van der Waals surface area contributed by atoms with Crippen LogP contribution < -0.4 is 5.32 Å². The van der Waals surface area contributed by atoms with Gasteiger partial charge in [-0.2, -0.15) is 5.26 Å². The Morgan fingerprint density at radius 3 is 3.05 bits per heavy atom. The van der Waals surface area contributed by atoms with Crippen LogP contribution in [0.2, 0.25) is 0 Å². The number of carbonyl (C=O) groups excluding carboxylic acids is 1. The normalized spacial score (nSPS) is 11.7. The summed E-state index contributed by atoms with van der Waals surface area (Å²) in [5.41, 5.74) is 1.15. The zero-order valence-corrected chi connectivity index (χ0v) is 12.2. The topological polar surface area (TPSA) is 70.7 Å². The maximum Gasteiger partial charge on any atom is 0.247 e. The number of rotatable bonds is 5. The van der Waals surface area contributed by atoms with Crippen LogP contribution in [0.5, 0.6) is 0 Å². The second-order valence-corrected chi connectivity index (χ2v) is 4.86. The molecule has 1 atom stereocenters. The van der Waals surface area contributed by atoms with Crippen molar-refractivity contribution in [3.05, 3.63) is 48.0 Å². The van der Waals surface area contributed by atoms with Crippen LogP contribution in [-0.2, 0) is 11.2 Å². The van der Waals surface area contributed by atoms with Gasteiger partial charge in [-0.15, -0.1) is 0 Å². The van der Waals surface area contributed by atoms with E-state index in [1.54, 1.807) is 30.5 Å². The van der Waals surface area contributed by atoms with Crippen LogP contribution in [0.4, 0.5) is 5.69 Å². The molecule has 5 nitrogen and oxygen atoms in total. The molecular weight excluding hydrogens is 264 g/mol. The fraction of sp³-hybridized carbons (Fsp3) is 0.312.